The van der Waals surface area contributed by atoms with E-state index in [0.29, 0.717) is 36.3 Å². The zero-order valence-corrected chi connectivity index (χ0v) is 32.8. The quantitative estimate of drug-likeness (QED) is 0.123. The Morgan fingerprint density at radius 2 is 1.08 bits per heavy atom. The summed E-state index contributed by atoms with van der Waals surface area (Å²) in [7, 11) is 0. The van der Waals surface area contributed by atoms with Crippen LogP contribution in [0.25, 0.3) is 0 Å². The van der Waals surface area contributed by atoms with E-state index in [-0.39, 0.29) is 57.5 Å². The van der Waals surface area contributed by atoms with Gasteiger partial charge in [-0.05, 0) is 78.8 Å². The van der Waals surface area contributed by atoms with Gasteiger partial charge >= 0.3 is 0 Å². The van der Waals surface area contributed by atoms with Crippen LogP contribution in [0, 0.1) is 34.3 Å². The highest BCUT2D eigenvalue weighted by Crippen LogP contribution is 2.33. The number of nitriles is 2. The Kier molecular flexibility index (Phi) is 14.4. The van der Waals surface area contributed by atoms with Crippen molar-refractivity contribution in [1.29, 1.82) is 10.5 Å². The standard InChI is InChI=1S/C27H20ClFN2O2.C20H14ClFN2O2/c28-22-13-21(17-30)14-23(15-22)33-25-16-26(32-18-20-9-5-2-6-10-20)31-24(27(25)29)12-11-19-7-3-1-4-8-19;21-15-8-14(12-23)9-16(10-15)26-18-11-19(25)24-17(20(18)22)7-6-13-4-2-1-3-5-13/h1-10,13-16H,11-12,18H2;1-5,8-11H,6-7H2,(H,24,25). The maximum Gasteiger partial charge on any atom is 0.252 e. The van der Waals surface area contributed by atoms with Gasteiger partial charge in [0, 0.05) is 22.2 Å². The highest BCUT2D eigenvalue weighted by molar-refractivity contribution is 6.31. The fourth-order valence-electron chi connectivity index (χ4n) is 5.84. The molecule has 0 fully saturated rings. The van der Waals surface area contributed by atoms with Crippen molar-refractivity contribution in [2.45, 2.75) is 32.3 Å². The summed E-state index contributed by atoms with van der Waals surface area (Å²) in [5.74, 6) is -0.763. The van der Waals surface area contributed by atoms with E-state index >= 15 is 4.39 Å². The molecular weight excluding hydrogens is 793 g/mol. The first-order valence-electron chi connectivity index (χ1n) is 18.3. The topological polar surface area (TPSA) is 121 Å². The van der Waals surface area contributed by atoms with Crippen LogP contribution >= 0.6 is 23.2 Å². The van der Waals surface area contributed by atoms with Gasteiger partial charge < -0.3 is 19.2 Å². The Hall–Kier alpha value is -6.98. The number of nitrogens with one attached hydrogen (secondary N) is 1. The van der Waals surface area contributed by atoms with Gasteiger partial charge in [0.05, 0.1) is 34.7 Å². The van der Waals surface area contributed by atoms with Gasteiger partial charge in [-0.2, -0.15) is 10.5 Å². The van der Waals surface area contributed by atoms with Gasteiger partial charge in [-0.15, -0.1) is 0 Å². The van der Waals surface area contributed by atoms with Crippen LogP contribution in [-0.4, -0.2) is 9.97 Å². The maximum atomic E-state index is 15.3. The third kappa shape index (κ3) is 12.3. The molecule has 12 heteroatoms. The number of aromatic amines is 1. The minimum Gasteiger partial charge on any atom is -0.473 e. The summed E-state index contributed by atoms with van der Waals surface area (Å²) >= 11 is 12.0. The maximum absolute atomic E-state index is 15.3. The molecule has 1 N–H and O–H groups in total. The molecule has 0 aliphatic rings. The fraction of sp³-hybridized carbons (Fsp3) is 0.106. The van der Waals surface area contributed by atoms with E-state index in [2.05, 4.69) is 9.97 Å². The molecular formula is C47H34Cl2F2N4O4. The molecule has 0 aliphatic heterocycles. The van der Waals surface area contributed by atoms with Crippen molar-refractivity contribution in [3.63, 3.8) is 0 Å². The van der Waals surface area contributed by atoms with E-state index in [1.54, 1.807) is 0 Å². The van der Waals surface area contributed by atoms with Crippen molar-refractivity contribution >= 4 is 23.2 Å². The van der Waals surface area contributed by atoms with Crippen molar-refractivity contribution in [3.05, 3.63) is 211 Å². The van der Waals surface area contributed by atoms with Crippen LogP contribution in [0.4, 0.5) is 8.78 Å². The summed E-state index contributed by atoms with van der Waals surface area (Å²) in [6.07, 6.45) is 1.88. The van der Waals surface area contributed by atoms with Gasteiger partial charge in [0.2, 0.25) is 5.88 Å². The summed E-state index contributed by atoms with van der Waals surface area (Å²) in [5.41, 5.74) is 3.61. The van der Waals surface area contributed by atoms with Crippen LogP contribution < -0.4 is 19.8 Å². The SMILES string of the molecule is N#Cc1cc(Cl)cc(Oc2cc(=O)[nH]c(CCc3ccccc3)c2F)c1.N#Cc1cc(Cl)cc(Oc2cc(OCc3ccccc3)nc(CCc3ccccc3)c2F)c1. The number of hydrogen-bond acceptors (Lipinski definition) is 7. The lowest BCUT2D eigenvalue weighted by Gasteiger charge is -2.13. The zero-order valence-electron chi connectivity index (χ0n) is 31.3. The van der Waals surface area contributed by atoms with Crippen LogP contribution in [0.5, 0.6) is 28.9 Å². The molecule has 7 aromatic rings. The Labute approximate surface area is 349 Å². The molecule has 7 rings (SSSR count). The van der Waals surface area contributed by atoms with Crippen LogP contribution in [-0.2, 0) is 32.3 Å². The molecule has 0 saturated carbocycles. The number of aryl methyl sites for hydroxylation is 4. The van der Waals surface area contributed by atoms with Crippen molar-refractivity contribution in [2.75, 3.05) is 0 Å². The summed E-state index contributed by atoms with van der Waals surface area (Å²) in [4.78, 5) is 18.8. The fourth-order valence-corrected chi connectivity index (χ4v) is 6.29. The highest BCUT2D eigenvalue weighted by Gasteiger charge is 2.18. The minimum atomic E-state index is -0.640. The average molecular weight is 828 g/mol. The molecule has 0 atom stereocenters. The second kappa shape index (κ2) is 20.4. The lowest BCUT2D eigenvalue weighted by molar-refractivity contribution is 0.289. The number of pyridine rings is 2. The number of hydrogen-bond donors (Lipinski definition) is 1. The Morgan fingerprint density at radius 1 is 0.593 bits per heavy atom. The number of rotatable bonds is 13. The van der Waals surface area contributed by atoms with Crippen molar-refractivity contribution in [2.24, 2.45) is 0 Å². The first-order valence-corrected chi connectivity index (χ1v) is 19.0. The third-order valence-electron chi connectivity index (χ3n) is 8.67. The summed E-state index contributed by atoms with van der Waals surface area (Å²) in [5, 5.41) is 18.8. The third-order valence-corrected chi connectivity index (χ3v) is 9.11. The number of nitrogens with zero attached hydrogens (tertiary/aromatic N) is 3. The van der Waals surface area contributed by atoms with E-state index in [4.69, 9.17) is 42.7 Å². The molecule has 0 unspecified atom stereocenters. The first-order chi connectivity index (χ1) is 28.6. The molecule has 0 amide bonds. The molecule has 294 valence electrons. The monoisotopic (exact) mass is 826 g/mol. The minimum absolute atomic E-state index is 0.0396. The van der Waals surface area contributed by atoms with E-state index in [9.17, 15) is 14.4 Å². The van der Waals surface area contributed by atoms with Gasteiger partial charge in [0.25, 0.3) is 5.56 Å². The molecule has 5 aromatic carbocycles. The largest absolute Gasteiger partial charge is 0.473 e. The molecule has 8 nitrogen and oxygen atoms in total. The zero-order chi connectivity index (χ0) is 41.6. The van der Waals surface area contributed by atoms with Crippen LogP contribution in [0.15, 0.2) is 144 Å². The number of halogens is 4. The Bertz CT molecular complexity index is 2670. The van der Waals surface area contributed by atoms with E-state index in [0.717, 1.165) is 22.8 Å². The van der Waals surface area contributed by atoms with Gasteiger partial charge in [-0.25, -0.2) is 13.8 Å². The number of ether oxygens (including phenoxy) is 3. The molecule has 0 radical (unpaired) electrons. The molecule has 0 saturated heterocycles. The summed E-state index contributed by atoms with van der Waals surface area (Å²) in [6.45, 7) is 0.285. The van der Waals surface area contributed by atoms with Gasteiger partial charge in [0.15, 0.2) is 23.1 Å². The lowest BCUT2D eigenvalue weighted by Crippen LogP contribution is -2.12. The molecule has 2 aromatic heterocycles. The normalized spacial score (nSPS) is 10.4. The second-order valence-electron chi connectivity index (χ2n) is 13.0. The van der Waals surface area contributed by atoms with Crippen LogP contribution in [0.1, 0.15) is 39.2 Å². The van der Waals surface area contributed by atoms with Crippen LogP contribution in [0.2, 0.25) is 10.0 Å². The van der Waals surface area contributed by atoms with Gasteiger partial charge in [-0.1, -0.05) is 114 Å². The summed E-state index contributed by atoms with van der Waals surface area (Å²) < 4.78 is 47.2. The van der Waals surface area contributed by atoms with Crippen molar-refractivity contribution in [1.82, 2.24) is 9.97 Å². The van der Waals surface area contributed by atoms with E-state index in [1.165, 1.54) is 42.5 Å². The van der Waals surface area contributed by atoms with E-state index in [1.807, 2.05) is 103 Å². The van der Waals surface area contributed by atoms with Crippen molar-refractivity contribution < 1.29 is 23.0 Å². The number of benzene rings is 5. The highest BCUT2D eigenvalue weighted by atomic mass is 35.5. The lowest BCUT2D eigenvalue weighted by atomic mass is 10.1. The number of H-pyrrole nitrogens is 1. The van der Waals surface area contributed by atoms with Gasteiger partial charge in [0.1, 0.15) is 18.1 Å². The first kappa shape index (κ1) is 41.6. The molecule has 0 spiro atoms. The van der Waals surface area contributed by atoms with Crippen LogP contribution in [0.3, 0.4) is 0 Å². The second-order valence-corrected chi connectivity index (χ2v) is 13.9. The molecule has 0 aliphatic carbocycles. The summed E-state index contributed by atoms with van der Waals surface area (Å²) in [6, 6.07) is 44.3. The van der Waals surface area contributed by atoms with Crippen molar-refractivity contribution in [3.8, 4) is 41.0 Å². The number of aromatic nitrogens is 2. The predicted octanol–water partition coefficient (Wildman–Crippen LogP) is 11.5. The Morgan fingerprint density at radius 3 is 1.61 bits per heavy atom. The Balaban J connectivity index is 0.000000204. The predicted molar refractivity (Wildman–Crippen MR) is 222 cm³/mol. The van der Waals surface area contributed by atoms with E-state index < -0.39 is 17.2 Å². The molecule has 2 heterocycles. The smallest absolute Gasteiger partial charge is 0.252 e. The molecule has 59 heavy (non-hydrogen) atoms. The molecule has 0 bridgehead atoms. The average Bonchev–Trinajstić information content (AvgIpc) is 3.25. The van der Waals surface area contributed by atoms with Gasteiger partial charge in [-0.3, -0.25) is 4.79 Å².